The van der Waals surface area contributed by atoms with Crippen molar-refractivity contribution in [2.45, 2.75) is 37.5 Å². The van der Waals surface area contributed by atoms with Crippen molar-refractivity contribution in [1.29, 1.82) is 0 Å². The lowest BCUT2D eigenvalue weighted by molar-refractivity contribution is -0.187. The van der Waals surface area contributed by atoms with Gasteiger partial charge < -0.3 is 10.5 Å². The first-order chi connectivity index (χ1) is 13.6. The van der Waals surface area contributed by atoms with Crippen LogP contribution in [0.15, 0.2) is 71.4 Å². The Hall–Kier alpha value is -2.14. The Bertz CT molecular complexity index is 894. The van der Waals surface area contributed by atoms with Gasteiger partial charge in [-0.1, -0.05) is 42.5 Å². The number of thiophene rings is 1. The predicted octanol–water partition coefficient (Wildman–Crippen LogP) is 5.28. The monoisotopic (exact) mass is 392 g/mol. The minimum absolute atomic E-state index is 0.248. The standard InChI is InChI=1S/C24H28N2OS/c1-23(27-2)24(21-13-16-28-18-21,20-9-11-22(25)12-10-20)14-6-15-26(23)17-19-7-4-3-5-8-19/h3-5,7-13,16,18H,6,14-15,17,25H2,1-2H3. The van der Waals surface area contributed by atoms with Crippen molar-refractivity contribution < 1.29 is 4.74 Å². The number of nitrogens with two attached hydrogens (primary N) is 1. The van der Waals surface area contributed by atoms with Crippen molar-refractivity contribution >= 4 is 17.0 Å². The summed E-state index contributed by atoms with van der Waals surface area (Å²) in [6.45, 7) is 4.13. The summed E-state index contributed by atoms with van der Waals surface area (Å²) in [6, 6.07) is 21.3. The van der Waals surface area contributed by atoms with Crippen LogP contribution < -0.4 is 5.73 Å². The fourth-order valence-electron chi connectivity index (χ4n) is 4.85. The van der Waals surface area contributed by atoms with Crippen molar-refractivity contribution in [3.8, 4) is 0 Å². The van der Waals surface area contributed by atoms with Crippen LogP contribution in [0.2, 0.25) is 0 Å². The third kappa shape index (κ3) is 3.06. The van der Waals surface area contributed by atoms with E-state index >= 15 is 0 Å². The third-order valence-corrected chi connectivity index (χ3v) is 7.09. The van der Waals surface area contributed by atoms with Gasteiger partial charge in [-0.2, -0.15) is 11.3 Å². The van der Waals surface area contributed by atoms with Gasteiger partial charge >= 0.3 is 0 Å². The molecule has 2 aromatic carbocycles. The Morgan fingerprint density at radius 1 is 1.04 bits per heavy atom. The number of benzene rings is 2. The summed E-state index contributed by atoms with van der Waals surface area (Å²) < 4.78 is 6.39. The molecule has 1 saturated heterocycles. The number of piperidine rings is 1. The summed E-state index contributed by atoms with van der Waals surface area (Å²) in [4.78, 5) is 2.50. The zero-order valence-corrected chi connectivity index (χ0v) is 17.4. The van der Waals surface area contributed by atoms with Crippen LogP contribution in [-0.4, -0.2) is 24.3 Å². The molecule has 2 atom stereocenters. The molecule has 4 rings (SSSR count). The lowest BCUT2D eigenvalue weighted by Crippen LogP contribution is -2.65. The molecule has 0 amide bonds. The molecule has 2 N–H and O–H groups in total. The second-order valence-electron chi connectivity index (χ2n) is 7.74. The van der Waals surface area contributed by atoms with Gasteiger partial charge in [0.1, 0.15) is 5.72 Å². The Kier molecular flexibility index (Phi) is 5.28. The quantitative estimate of drug-likeness (QED) is 0.601. The van der Waals surface area contributed by atoms with Gasteiger partial charge in [-0.25, -0.2) is 0 Å². The molecule has 1 aliphatic rings. The van der Waals surface area contributed by atoms with Crippen LogP contribution in [-0.2, 0) is 16.7 Å². The molecule has 0 radical (unpaired) electrons. The SMILES string of the molecule is COC1(C)N(Cc2ccccc2)CCCC1(c1ccc(N)cc1)c1ccsc1. The zero-order valence-electron chi connectivity index (χ0n) is 16.6. The molecule has 1 fully saturated rings. The maximum absolute atomic E-state index is 6.39. The average Bonchev–Trinajstić information content (AvgIpc) is 3.26. The molecule has 0 aliphatic carbocycles. The zero-order chi connectivity index (χ0) is 19.6. The highest BCUT2D eigenvalue weighted by molar-refractivity contribution is 7.08. The number of rotatable bonds is 5. The van der Waals surface area contributed by atoms with Crippen molar-refractivity contribution in [3.05, 3.63) is 88.1 Å². The number of hydrogen-bond acceptors (Lipinski definition) is 4. The number of anilines is 1. The number of nitrogen functional groups attached to an aromatic ring is 1. The molecule has 3 nitrogen and oxygen atoms in total. The highest BCUT2D eigenvalue weighted by atomic mass is 32.1. The molecule has 0 bridgehead atoms. The van der Waals surface area contributed by atoms with E-state index < -0.39 is 5.72 Å². The van der Waals surface area contributed by atoms with Crippen molar-refractivity contribution in [3.63, 3.8) is 0 Å². The number of methoxy groups -OCH3 is 1. The lowest BCUT2D eigenvalue weighted by atomic mass is 9.62. The second-order valence-corrected chi connectivity index (χ2v) is 8.52. The molecule has 146 valence electrons. The molecular formula is C24H28N2OS. The molecule has 2 unspecified atom stereocenters. The molecule has 4 heteroatoms. The lowest BCUT2D eigenvalue weighted by Gasteiger charge is -2.57. The van der Waals surface area contributed by atoms with E-state index in [-0.39, 0.29) is 5.41 Å². The molecule has 1 aromatic heterocycles. The normalized spacial score (nSPS) is 25.6. The number of nitrogens with zero attached hydrogens (tertiary/aromatic N) is 1. The highest BCUT2D eigenvalue weighted by Gasteiger charge is 2.56. The smallest absolute Gasteiger partial charge is 0.132 e. The van der Waals surface area contributed by atoms with Gasteiger partial charge in [0.2, 0.25) is 0 Å². The first-order valence-electron chi connectivity index (χ1n) is 9.83. The van der Waals surface area contributed by atoms with Gasteiger partial charge in [0.15, 0.2) is 0 Å². The fraction of sp³-hybridized carbons (Fsp3) is 0.333. The van der Waals surface area contributed by atoms with E-state index in [1.165, 1.54) is 16.7 Å². The van der Waals surface area contributed by atoms with E-state index in [0.717, 1.165) is 31.6 Å². The van der Waals surface area contributed by atoms with E-state index in [0.29, 0.717) is 0 Å². The fourth-order valence-corrected chi connectivity index (χ4v) is 5.58. The van der Waals surface area contributed by atoms with Crippen LogP contribution in [0, 0.1) is 0 Å². The van der Waals surface area contributed by atoms with E-state index in [9.17, 15) is 0 Å². The Morgan fingerprint density at radius 3 is 2.43 bits per heavy atom. The van der Waals surface area contributed by atoms with E-state index in [4.69, 9.17) is 10.5 Å². The van der Waals surface area contributed by atoms with Crippen LogP contribution in [0.4, 0.5) is 5.69 Å². The summed E-state index contributed by atoms with van der Waals surface area (Å²) in [6.07, 6.45) is 2.16. The van der Waals surface area contributed by atoms with Gasteiger partial charge in [0, 0.05) is 25.9 Å². The summed E-state index contributed by atoms with van der Waals surface area (Å²) in [5.74, 6) is 0. The van der Waals surface area contributed by atoms with Crippen molar-refractivity contribution in [2.24, 2.45) is 0 Å². The Morgan fingerprint density at radius 2 is 1.79 bits per heavy atom. The van der Waals surface area contributed by atoms with Gasteiger partial charge in [0.05, 0.1) is 5.41 Å². The maximum atomic E-state index is 6.39. The van der Waals surface area contributed by atoms with Crippen molar-refractivity contribution in [1.82, 2.24) is 4.90 Å². The topological polar surface area (TPSA) is 38.5 Å². The van der Waals surface area contributed by atoms with Gasteiger partial charge in [0.25, 0.3) is 0 Å². The van der Waals surface area contributed by atoms with Gasteiger partial charge in [-0.05, 0) is 65.4 Å². The Labute approximate surface area is 171 Å². The summed E-state index contributed by atoms with van der Waals surface area (Å²) in [5, 5.41) is 4.44. The van der Waals surface area contributed by atoms with Crippen LogP contribution in [0.25, 0.3) is 0 Å². The molecule has 0 saturated carbocycles. The van der Waals surface area contributed by atoms with Gasteiger partial charge in [-0.3, -0.25) is 4.90 Å². The van der Waals surface area contributed by atoms with Crippen LogP contribution in [0.1, 0.15) is 36.5 Å². The summed E-state index contributed by atoms with van der Waals surface area (Å²) >= 11 is 1.75. The van der Waals surface area contributed by atoms with Crippen molar-refractivity contribution in [2.75, 3.05) is 19.4 Å². The number of hydrogen-bond donors (Lipinski definition) is 1. The molecule has 3 aromatic rings. The van der Waals surface area contributed by atoms with Crippen LogP contribution >= 0.6 is 11.3 Å². The summed E-state index contributed by atoms with van der Waals surface area (Å²) in [5.41, 5.74) is 9.98. The van der Waals surface area contributed by atoms with Crippen LogP contribution in [0.3, 0.4) is 0 Å². The highest BCUT2D eigenvalue weighted by Crippen LogP contribution is 2.52. The maximum Gasteiger partial charge on any atom is 0.132 e. The molecule has 2 heterocycles. The largest absolute Gasteiger partial charge is 0.399 e. The number of likely N-dealkylation sites (tertiary alicyclic amines) is 1. The molecule has 28 heavy (non-hydrogen) atoms. The molecular weight excluding hydrogens is 364 g/mol. The minimum atomic E-state index is -0.474. The van der Waals surface area contributed by atoms with E-state index in [2.05, 4.69) is 71.1 Å². The first kappa shape index (κ1) is 19.2. The molecule has 0 spiro atoms. The third-order valence-electron chi connectivity index (χ3n) is 6.41. The predicted molar refractivity (Wildman–Crippen MR) is 117 cm³/mol. The van der Waals surface area contributed by atoms with E-state index in [1.54, 1.807) is 11.3 Å². The second kappa shape index (κ2) is 7.70. The van der Waals surface area contributed by atoms with Gasteiger partial charge in [-0.15, -0.1) is 0 Å². The first-order valence-corrected chi connectivity index (χ1v) is 10.8. The average molecular weight is 393 g/mol. The minimum Gasteiger partial charge on any atom is -0.399 e. The summed E-state index contributed by atoms with van der Waals surface area (Å²) in [7, 11) is 1.85. The Balaban J connectivity index is 1.85. The number of ether oxygens (including phenoxy) is 1. The molecule has 1 aliphatic heterocycles. The van der Waals surface area contributed by atoms with E-state index in [1.807, 2.05) is 19.2 Å². The van der Waals surface area contributed by atoms with Crippen LogP contribution in [0.5, 0.6) is 0 Å².